The summed E-state index contributed by atoms with van der Waals surface area (Å²) < 4.78 is 12.1. The van der Waals surface area contributed by atoms with Crippen LogP contribution in [0.2, 0.25) is 0 Å². The lowest BCUT2D eigenvalue weighted by atomic mass is 10.1. The number of methoxy groups -OCH3 is 1. The van der Waals surface area contributed by atoms with Crippen molar-refractivity contribution in [2.75, 3.05) is 12.8 Å². The van der Waals surface area contributed by atoms with Gasteiger partial charge in [-0.25, -0.2) is 0 Å². The second-order valence-corrected chi connectivity index (χ2v) is 5.37. The molecular weight excluding hydrogens is 310 g/mol. The summed E-state index contributed by atoms with van der Waals surface area (Å²) in [6, 6.07) is 5.66. The van der Waals surface area contributed by atoms with Crippen molar-refractivity contribution in [1.82, 2.24) is 10.2 Å². The van der Waals surface area contributed by atoms with E-state index in [0.717, 1.165) is 34.3 Å². The molecule has 100 valence electrons. The van der Waals surface area contributed by atoms with Gasteiger partial charge in [0.15, 0.2) is 11.5 Å². The SMILES string of the molecule is COc1cc(-c2cc(N)n[nH]2)cc(Br)c1OC1CC1. The molecule has 0 saturated heterocycles. The van der Waals surface area contributed by atoms with Crippen molar-refractivity contribution in [2.45, 2.75) is 18.9 Å². The molecular formula is C13H14BrN3O2. The van der Waals surface area contributed by atoms with Crippen LogP contribution in [0.25, 0.3) is 11.3 Å². The van der Waals surface area contributed by atoms with Crippen molar-refractivity contribution in [3.05, 3.63) is 22.7 Å². The highest BCUT2D eigenvalue weighted by Gasteiger charge is 2.26. The number of nitrogen functional groups attached to an aromatic ring is 1. The van der Waals surface area contributed by atoms with Gasteiger partial charge in [0.2, 0.25) is 0 Å². The summed E-state index contributed by atoms with van der Waals surface area (Å²) in [6.07, 6.45) is 2.53. The summed E-state index contributed by atoms with van der Waals surface area (Å²) in [5.41, 5.74) is 7.40. The third-order valence-electron chi connectivity index (χ3n) is 2.95. The quantitative estimate of drug-likeness (QED) is 0.907. The Morgan fingerprint density at radius 3 is 2.74 bits per heavy atom. The summed E-state index contributed by atoms with van der Waals surface area (Å²) in [5, 5.41) is 6.81. The third kappa shape index (κ3) is 2.53. The number of ether oxygens (including phenoxy) is 2. The molecule has 2 aromatic rings. The van der Waals surface area contributed by atoms with Crippen LogP contribution < -0.4 is 15.2 Å². The summed E-state index contributed by atoms with van der Waals surface area (Å²) >= 11 is 3.53. The highest BCUT2D eigenvalue weighted by atomic mass is 79.9. The van der Waals surface area contributed by atoms with E-state index >= 15 is 0 Å². The fourth-order valence-electron chi connectivity index (χ4n) is 1.83. The summed E-state index contributed by atoms with van der Waals surface area (Å²) in [4.78, 5) is 0. The normalized spacial score (nSPS) is 14.4. The van der Waals surface area contributed by atoms with E-state index in [4.69, 9.17) is 15.2 Å². The number of H-pyrrole nitrogens is 1. The van der Waals surface area contributed by atoms with Gasteiger partial charge < -0.3 is 15.2 Å². The van der Waals surface area contributed by atoms with Crippen molar-refractivity contribution < 1.29 is 9.47 Å². The average molecular weight is 324 g/mol. The smallest absolute Gasteiger partial charge is 0.175 e. The number of aromatic nitrogens is 2. The zero-order valence-electron chi connectivity index (χ0n) is 10.4. The summed E-state index contributed by atoms with van der Waals surface area (Å²) in [5.74, 6) is 1.91. The standard InChI is InChI=1S/C13H14BrN3O2/c1-18-11-5-7(10-6-12(15)17-16-10)4-9(14)13(11)19-8-2-3-8/h4-6,8H,2-3H2,1H3,(H3,15,16,17). The zero-order valence-corrected chi connectivity index (χ0v) is 12.0. The van der Waals surface area contributed by atoms with Gasteiger partial charge in [-0.3, -0.25) is 5.10 Å². The monoisotopic (exact) mass is 323 g/mol. The van der Waals surface area contributed by atoms with Gasteiger partial charge >= 0.3 is 0 Å². The van der Waals surface area contributed by atoms with E-state index in [9.17, 15) is 0 Å². The van der Waals surface area contributed by atoms with Gasteiger partial charge in [-0.2, -0.15) is 5.10 Å². The Hall–Kier alpha value is -1.69. The zero-order chi connectivity index (χ0) is 13.4. The van der Waals surface area contributed by atoms with Crippen LogP contribution in [0.1, 0.15) is 12.8 Å². The summed E-state index contributed by atoms with van der Waals surface area (Å²) in [6.45, 7) is 0. The van der Waals surface area contributed by atoms with E-state index in [2.05, 4.69) is 26.1 Å². The molecule has 1 aliphatic rings. The fourth-order valence-corrected chi connectivity index (χ4v) is 2.36. The molecule has 1 fully saturated rings. The molecule has 3 N–H and O–H groups in total. The minimum Gasteiger partial charge on any atom is -0.493 e. The van der Waals surface area contributed by atoms with E-state index in [-0.39, 0.29) is 0 Å². The second-order valence-electron chi connectivity index (χ2n) is 4.51. The maximum atomic E-state index is 5.85. The third-order valence-corrected chi connectivity index (χ3v) is 3.54. The first kappa shape index (κ1) is 12.3. The summed E-state index contributed by atoms with van der Waals surface area (Å²) in [7, 11) is 1.63. The number of nitrogens with one attached hydrogen (secondary N) is 1. The molecule has 3 rings (SSSR count). The van der Waals surface area contributed by atoms with Crippen molar-refractivity contribution in [1.29, 1.82) is 0 Å². The van der Waals surface area contributed by atoms with Crippen molar-refractivity contribution in [2.24, 2.45) is 0 Å². The number of nitrogens with two attached hydrogens (primary N) is 1. The second kappa shape index (κ2) is 4.77. The molecule has 0 amide bonds. The minimum absolute atomic E-state index is 0.318. The van der Waals surface area contributed by atoms with E-state index in [1.165, 1.54) is 0 Å². The van der Waals surface area contributed by atoms with Gasteiger partial charge in [0, 0.05) is 11.6 Å². The molecule has 0 unspecified atom stereocenters. The van der Waals surface area contributed by atoms with Gasteiger partial charge in [-0.05, 0) is 40.9 Å². The number of hydrogen-bond acceptors (Lipinski definition) is 4. The van der Waals surface area contributed by atoms with Gasteiger partial charge in [-0.15, -0.1) is 0 Å². The van der Waals surface area contributed by atoms with Crippen LogP contribution in [0.4, 0.5) is 5.82 Å². The minimum atomic E-state index is 0.318. The lowest BCUT2D eigenvalue weighted by Gasteiger charge is -2.13. The van der Waals surface area contributed by atoms with Crippen LogP contribution in [-0.2, 0) is 0 Å². The number of hydrogen-bond donors (Lipinski definition) is 2. The number of nitrogens with zero attached hydrogens (tertiary/aromatic N) is 1. The first-order chi connectivity index (χ1) is 9.17. The number of halogens is 1. The molecule has 0 bridgehead atoms. The lowest BCUT2D eigenvalue weighted by Crippen LogP contribution is -2.00. The molecule has 0 radical (unpaired) electrons. The maximum Gasteiger partial charge on any atom is 0.175 e. The Labute approximate surface area is 119 Å². The molecule has 1 aliphatic carbocycles. The predicted molar refractivity (Wildman–Crippen MR) is 76.3 cm³/mol. The van der Waals surface area contributed by atoms with E-state index in [1.54, 1.807) is 13.2 Å². The molecule has 6 heteroatoms. The van der Waals surface area contributed by atoms with Gasteiger partial charge in [0.25, 0.3) is 0 Å². The van der Waals surface area contributed by atoms with Crippen LogP contribution in [0.15, 0.2) is 22.7 Å². The molecule has 1 heterocycles. The molecule has 0 atom stereocenters. The van der Waals surface area contributed by atoms with Gasteiger partial charge in [0.05, 0.1) is 23.4 Å². The maximum absolute atomic E-state index is 5.85. The number of aromatic amines is 1. The fraction of sp³-hybridized carbons (Fsp3) is 0.308. The predicted octanol–water partition coefficient (Wildman–Crippen LogP) is 2.97. The topological polar surface area (TPSA) is 73.2 Å². The highest BCUT2D eigenvalue weighted by Crippen LogP contribution is 2.42. The van der Waals surface area contributed by atoms with Crippen molar-refractivity contribution >= 4 is 21.7 Å². The Bertz CT molecular complexity index is 608. The van der Waals surface area contributed by atoms with Crippen LogP contribution >= 0.6 is 15.9 Å². The Balaban J connectivity index is 2.00. The highest BCUT2D eigenvalue weighted by molar-refractivity contribution is 9.10. The molecule has 1 saturated carbocycles. The van der Waals surface area contributed by atoms with Gasteiger partial charge in [0.1, 0.15) is 5.82 Å². The molecule has 1 aromatic carbocycles. The van der Waals surface area contributed by atoms with E-state index < -0.39 is 0 Å². The van der Waals surface area contributed by atoms with E-state index in [1.807, 2.05) is 12.1 Å². The number of benzene rings is 1. The average Bonchev–Trinajstić information content (AvgIpc) is 3.11. The number of anilines is 1. The first-order valence-corrected chi connectivity index (χ1v) is 6.82. The molecule has 0 aliphatic heterocycles. The number of rotatable bonds is 4. The Morgan fingerprint density at radius 1 is 1.37 bits per heavy atom. The largest absolute Gasteiger partial charge is 0.493 e. The van der Waals surface area contributed by atoms with Crippen LogP contribution in [0.5, 0.6) is 11.5 Å². The molecule has 19 heavy (non-hydrogen) atoms. The van der Waals surface area contributed by atoms with Crippen LogP contribution in [0.3, 0.4) is 0 Å². The van der Waals surface area contributed by atoms with E-state index in [0.29, 0.717) is 17.7 Å². The molecule has 0 spiro atoms. The Morgan fingerprint density at radius 2 is 2.16 bits per heavy atom. The van der Waals surface area contributed by atoms with Crippen LogP contribution in [0, 0.1) is 0 Å². The van der Waals surface area contributed by atoms with Gasteiger partial charge in [-0.1, -0.05) is 0 Å². The first-order valence-electron chi connectivity index (χ1n) is 6.03. The lowest BCUT2D eigenvalue weighted by molar-refractivity contribution is 0.280. The Kier molecular flexibility index (Phi) is 3.10. The molecule has 1 aromatic heterocycles. The molecule has 5 nitrogen and oxygen atoms in total. The van der Waals surface area contributed by atoms with Crippen LogP contribution in [-0.4, -0.2) is 23.4 Å². The van der Waals surface area contributed by atoms with Crippen molar-refractivity contribution in [3.8, 4) is 22.8 Å². The van der Waals surface area contributed by atoms with Crippen molar-refractivity contribution in [3.63, 3.8) is 0 Å².